The molecule has 4 nitrogen and oxygen atoms in total. The van der Waals surface area contributed by atoms with E-state index in [-0.39, 0.29) is 17.3 Å². The smallest absolute Gasteiger partial charge is 0.397 e. The Morgan fingerprint density at radius 3 is 2.73 bits per heavy atom. The summed E-state index contributed by atoms with van der Waals surface area (Å²) < 4.78 is 52.2. The van der Waals surface area contributed by atoms with E-state index in [9.17, 15) is 22.4 Å². The van der Waals surface area contributed by atoms with E-state index in [1.165, 1.54) is 17.5 Å². The molecule has 0 spiro atoms. The van der Waals surface area contributed by atoms with Crippen LogP contribution in [0.4, 0.5) is 28.9 Å². The Labute approximate surface area is 153 Å². The average molecular weight is 404 g/mol. The quantitative estimate of drug-likeness (QED) is 0.484. The summed E-state index contributed by atoms with van der Waals surface area (Å²) in [6.07, 6.45) is -3.52. The van der Waals surface area contributed by atoms with Gasteiger partial charge in [-0.25, -0.2) is 9.37 Å². The van der Waals surface area contributed by atoms with Gasteiger partial charge in [-0.3, -0.25) is 4.79 Å². The molecule has 0 aliphatic heterocycles. The molecule has 2 aromatic heterocycles. The van der Waals surface area contributed by atoms with Crippen LogP contribution in [0.15, 0.2) is 30.5 Å². The molecule has 0 fully saturated rings. The highest BCUT2D eigenvalue weighted by molar-refractivity contribution is 7.19. The van der Waals surface area contributed by atoms with Gasteiger partial charge >= 0.3 is 6.18 Å². The summed E-state index contributed by atoms with van der Waals surface area (Å²) in [6.45, 7) is 0. The zero-order valence-electron chi connectivity index (χ0n) is 12.8. The number of benzene rings is 1. The van der Waals surface area contributed by atoms with E-state index in [0.29, 0.717) is 28.1 Å². The summed E-state index contributed by atoms with van der Waals surface area (Å²) in [4.78, 5) is 16.6. The van der Waals surface area contributed by atoms with Gasteiger partial charge in [0.25, 0.3) is 0 Å². The molecule has 3 aromatic rings. The fourth-order valence-corrected chi connectivity index (χ4v) is 3.69. The molecule has 0 saturated carbocycles. The Kier molecular flexibility index (Phi) is 4.76. The number of fused-ring (bicyclic) bond motifs is 1. The summed E-state index contributed by atoms with van der Waals surface area (Å²) in [5.41, 5.74) is 4.74. The number of nitrogens with two attached hydrogens (primary N) is 1. The van der Waals surface area contributed by atoms with E-state index in [1.807, 2.05) is 0 Å². The molecule has 26 heavy (non-hydrogen) atoms. The third-order valence-corrected chi connectivity index (χ3v) is 4.91. The Bertz CT molecular complexity index is 1000. The van der Waals surface area contributed by atoms with Crippen molar-refractivity contribution in [1.82, 2.24) is 4.98 Å². The molecular formula is C16H10ClF4N3OS. The van der Waals surface area contributed by atoms with E-state index < -0.39 is 23.5 Å². The maximum absolute atomic E-state index is 13.3. The molecule has 10 heteroatoms. The van der Waals surface area contributed by atoms with E-state index >= 15 is 0 Å². The molecule has 0 aliphatic rings. The number of rotatable bonds is 3. The first kappa shape index (κ1) is 18.4. The minimum Gasteiger partial charge on any atom is -0.397 e. The van der Waals surface area contributed by atoms with Crippen LogP contribution >= 0.6 is 22.9 Å². The van der Waals surface area contributed by atoms with Gasteiger partial charge in [0.15, 0.2) is 0 Å². The van der Waals surface area contributed by atoms with Crippen LogP contribution in [-0.4, -0.2) is 10.9 Å². The number of nitrogens with zero attached hydrogens (tertiary/aromatic N) is 1. The molecule has 0 aliphatic carbocycles. The van der Waals surface area contributed by atoms with Gasteiger partial charge in [0.2, 0.25) is 5.91 Å². The predicted octanol–water partition coefficient (Wildman–Crippen LogP) is 4.87. The average Bonchev–Trinajstić information content (AvgIpc) is 2.83. The number of aromatic nitrogens is 1. The molecule has 0 atom stereocenters. The second kappa shape index (κ2) is 6.73. The number of hydrogen-bond donors (Lipinski definition) is 2. The van der Waals surface area contributed by atoms with Crippen LogP contribution in [0.2, 0.25) is 5.15 Å². The molecule has 3 N–H and O–H groups in total. The van der Waals surface area contributed by atoms with Crippen molar-refractivity contribution >= 4 is 50.3 Å². The van der Waals surface area contributed by atoms with Crippen molar-refractivity contribution in [3.63, 3.8) is 0 Å². The zero-order chi connectivity index (χ0) is 19.1. The van der Waals surface area contributed by atoms with Gasteiger partial charge in [-0.2, -0.15) is 13.2 Å². The number of hydrogen-bond acceptors (Lipinski definition) is 4. The highest BCUT2D eigenvalue weighted by Gasteiger charge is 2.34. The lowest BCUT2D eigenvalue weighted by Gasteiger charge is -2.11. The molecular weight excluding hydrogens is 394 g/mol. The van der Waals surface area contributed by atoms with Gasteiger partial charge in [0.1, 0.15) is 11.0 Å². The van der Waals surface area contributed by atoms with Gasteiger partial charge < -0.3 is 11.1 Å². The maximum atomic E-state index is 13.3. The van der Waals surface area contributed by atoms with Crippen molar-refractivity contribution in [2.24, 2.45) is 0 Å². The lowest BCUT2D eigenvalue weighted by atomic mass is 10.1. The molecule has 136 valence electrons. The number of anilines is 2. The first-order valence-electron chi connectivity index (χ1n) is 7.14. The lowest BCUT2D eigenvalue weighted by molar-refractivity contribution is -0.140. The fraction of sp³-hybridized carbons (Fsp3) is 0.125. The number of alkyl halides is 3. The topological polar surface area (TPSA) is 68.0 Å². The second-order valence-corrected chi connectivity index (χ2v) is 6.88. The summed E-state index contributed by atoms with van der Waals surface area (Å²) >= 11 is 7.05. The first-order chi connectivity index (χ1) is 12.1. The molecule has 3 rings (SSSR count). The Morgan fingerprint density at radius 2 is 2.04 bits per heavy atom. The maximum Gasteiger partial charge on any atom is 0.419 e. The highest BCUT2D eigenvalue weighted by atomic mass is 35.5. The number of pyridine rings is 1. The van der Waals surface area contributed by atoms with Crippen molar-refractivity contribution in [2.75, 3.05) is 11.1 Å². The summed E-state index contributed by atoms with van der Waals surface area (Å²) in [6, 6.07) is 3.86. The van der Waals surface area contributed by atoms with Gasteiger partial charge in [0.05, 0.1) is 17.7 Å². The monoisotopic (exact) mass is 403 g/mol. The van der Waals surface area contributed by atoms with E-state index in [0.717, 1.165) is 10.8 Å². The van der Waals surface area contributed by atoms with Crippen LogP contribution in [0.25, 0.3) is 10.1 Å². The van der Waals surface area contributed by atoms with Crippen molar-refractivity contribution in [3.8, 4) is 0 Å². The molecule has 1 amide bonds. The fourth-order valence-electron chi connectivity index (χ4n) is 2.34. The van der Waals surface area contributed by atoms with Gasteiger partial charge in [0, 0.05) is 26.8 Å². The number of nitrogens with one attached hydrogen (secondary N) is 1. The van der Waals surface area contributed by atoms with Crippen molar-refractivity contribution < 1.29 is 22.4 Å². The van der Waals surface area contributed by atoms with Crippen LogP contribution < -0.4 is 11.1 Å². The van der Waals surface area contributed by atoms with Crippen LogP contribution in [0.3, 0.4) is 0 Å². The number of carbonyl (C=O) groups excluding carboxylic acids is 1. The first-order valence-corrected chi connectivity index (χ1v) is 8.33. The highest BCUT2D eigenvalue weighted by Crippen LogP contribution is 2.35. The Hall–Kier alpha value is -2.39. The normalized spacial score (nSPS) is 11.7. The number of nitrogen functional groups attached to an aromatic ring is 1. The minimum atomic E-state index is -4.85. The van der Waals surface area contributed by atoms with Gasteiger partial charge in [-0.05, 0) is 24.3 Å². The summed E-state index contributed by atoms with van der Waals surface area (Å²) in [5.74, 6) is -1.99. The van der Waals surface area contributed by atoms with E-state index in [4.69, 9.17) is 17.3 Å². The summed E-state index contributed by atoms with van der Waals surface area (Å²) in [7, 11) is 0. The van der Waals surface area contributed by atoms with Crippen LogP contribution in [0.1, 0.15) is 10.4 Å². The number of amides is 1. The third kappa shape index (κ3) is 3.73. The Balaban J connectivity index is 1.81. The van der Waals surface area contributed by atoms with Crippen molar-refractivity contribution in [2.45, 2.75) is 12.6 Å². The van der Waals surface area contributed by atoms with E-state index in [1.54, 1.807) is 6.07 Å². The second-order valence-electron chi connectivity index (χ2n) is 5.36. The summed E-state index contributed by atoms with van der Waals surface area (Å²) in [5, 5.41) is 3.24. The number of thiophene rings is 1. The van der Waals surface area contributed by atoms with E-state index in [2.05, 4.69) is 10.3 Å². The SMILES string of the molecule is Nc1c(CC(=O)Nc2ccc(F)c(C(F)(F)F)c2)sc2cc(Cl)ncc12. The van der Waals surface area contributed by atoms with Crippen molar-refractivity contribution in [1.29, 1.82) is 0 Å². The standard InChI is InChI=1S/C16H10ClF4N3OS/c17-13-4-11-8(6-23-13)15(22)12(26-11)5-14(25)24-7-1-2-10(18)9(3-7)16(19,20)21/h1-4,6H,5,22H2,(H,24,25). The molecule has 0 bridgehead atoms. The van der Waals surface area contributed by atoms with Crippen LogP contribution in [0.5, 0.6) is 0 Å². The molecule has 0 unspecified atom stereocenters. The number of halogens is 5. The number of carbonyl (C=O) groups is 1. The van der Waals surface area contributed by atoms with Gasteiger partial charge in [-0.1, -0.05) is 11.6 Å². The molecule has 1 aromatic carbocycles. The molecule has 0 saturated heterocycles. The molecule has 0 radical (unpaired) electrons. The minimum absolute atomic E-state index is 0.151. The Morgan fingerprint density at radius 1 is 1.31 bits per heavy atom. The van der Waals surface area contributed by atoms with Gasteiger partial charge in [-0.15, -0.1) is 11.3 Å². The van der Waals surface area contributed by atoms with Crippen LogP contribution in [0, 0.1) is 5.82 Å². The largest absolute Gasteiger partial charge is 0.419 e. The predicted molar refractivity (Wildman–Crippen MR) is 92.8 cm³/mol. The third-order valence-electron chi connectivity index (χ3n) is 3.53. The van der Waals surface area contributed by atoms with Crippen LogP contribution in [-0.2, 0) is 17.4 Å². The van der Waals surface area contributed by atoms with Crippen molar-refractivity contribution in [3.05, 3.63) is 51.9 Å². The lowest BCUT2D eigenvalue weighted by Crippen LogP contribution is -2.16. The molecule has 2 heterocycles. The zero-order valence-corrected chi connectivity index (χ0v) is 14.4.